The van der Waals surface area contributed by atoms with Crippen molar-refractivity contribution in [2.24, 2.45) is 5.73 Å². The second-order valence-corrected chi connectivity index (χ2v) is 8.33. The Morgan fingerprint density at radius 3 is 2.22 bits per heavy atom. The van der Waals surface area contributed by atoms with E-state index >= 15 is 0 Å². The van der Waals surface area contributed by atoms with Crippen LogP contribution in [-0.4, -0.2) is 45.4 Å². The van der Waals surface area contributed by atoms with Crippen molar-refractivity contribution in [2.75, 3.05) is 7.11 Å². The van der Waals surface area contributed by atoms with Crippen molar-refractivity contribution in [1.82, 2.24) is 25.5 Å². The number of nitrogens with zero attached hydrogens (tertiary/aromatic N) is 4. The van der Waals surface area contributed by atoms with E-state index < -0.39 is 5.97 Å². The van der Waals surface area contributed by atoms with Crippen LogP contribution in [0.1, 0.15) is 54.6 Å². The zero-order chi connectivity index (χ0) is 22.3. The van der Waals surface area contributed by atoms with Gasteiger partial charge in [0.15, 0.2) is 5.82 Å². The minimum atomic E-state index is -0.392. The molecule has 1 aliphatic rings. The van der Waals surface area contributed by atoms with Crippen molar-refractivity contribution in [1.29, 1.82) is 0 Å². The largest absolute Gasteiger partial charge is 0.468 e. The summed E-state index contributed by atoms with van der Waals surface area (Å²) in [5.74, 6) is 0.176. The molecule has 4 rings (SSSR count). The van der Waals surface area contributed by atoms with E-state index in [0.29, 0.717) is 5.82 Å². The first kappa shape index (κ1) is 22.1. The molecule has 8 heteroatoms. The summed E-state index contributed by atoms with van der Waals surface area (Å²) in [4.78, 5) is 12.0. The Kier molecular flexibility index (Phi) is 7.24. The number of hydrogen-bond donors (Lipinski definition) is 2. The maximum absolute atomic E-state index is 12.0. The maximum atomic E-state index is 12.0. The van der Waals surface area contributed by atoms with Gasteiger partial charge < -0.3 is 15.8 Å². The lowest BCUT2D eigenvalue weighted by Gasteiger charge is -2.34. The lowest BCUT2D eigenvalue weighted by atomic mass is 9.83. The highest BCUT2D eigenvalue weighted by Gasteiger charge is 2.34. The molecule has 32 heavy (non-hydrogen) atoms. The average molecular weight is 435 g/mol. The number of hydrogen-bond acceptors (Lipinski definition) is 7. The van der Waals surface area contributed by atoms with Gasteiger partial charge in [-0.25, -0.2) is 4.68 Å². The van der Waals surface area contributed by atoms with Gasteiger partial charge in [0.2, 0.25) is 0 Å². The lowest BCUT2D eigenvalue weighted by Crippen LogP contribution is -2.42. The van der Waals surface area contributed by atoms with Gasteiger partial charge in [0.1, 0.15) is 6.54 Å². The molecule has 3 N–H and O–H groups in total. The van der Waals surface area contributed by atoms with E-state index in [0.717, 1.165) is 36.8 Å². The average Bonchev–Trinajstić information content (AvgIpc) is 3.29. The summed E-state index contributed by atoms with van der Waals surface area (Å²) in [6.45, 7) is -0.0388. The first-order valence-corrected chi connectivity index (χ1v) is 11.1. The number of carbonyl (C=O) groups is 1. The highest BCUT2D eigenvalue weighted by Crippen LogP contribution is 2.37. The molecule has 1 saturated carbocycles. The Morgan fingerprint density at radius 1 is 1.06 bits per heavy atom. The van der Waals surface area contributed by atoms with E-state index in [1.54, 1.807) is 0 Å². The van der Waals surface area contributed by atoms with Crippen molar-refractivity contribution in [2.45, 2.75) is 56.3 Å². The molecule has 3 aromatic rings. The van der Waals surface area contributed by atoms with Gasteiger partial charge in [0.05, 0.1) is 13.2 Å². The van der Waals surface area contributed by atoms with Crippen LogP contribution < -0.4 is 11.1 Å². The first-order chi connectivity index (χ1) is 15.7. The molecule has 1 heterocycles. The van der Waals surface area contributed by atoms with E-state index in [1.807, 2.05) is 36.4 Å². The van der Waals surface area contributed by atoms with E-state index in [4.69, 9.17) is 10.5 Å². The van der Waals surface area contributed by atoms with Crippen LogP contribution in [0.5, 0.6) is 0 Å². The topological polar surface area (TPSA) is 108 Å². The van der Waals surface area contributed by atoms with E-state index in [1.165, 1.54) is 11.8 Å². The molecular formula is C24H30N6O2. The first-order valence-electron chi connectivity index (χ1n) is 11.1. The molecule has 2 aromatic carbocycles. The number of tetrazole rings is 1. The van der Waals surface area contributed by atoms with Gasteiger partial charge in [-0.3, -0.25) is 4.79 Å². The van der Waals surface area contributed by atoms with Gasteiger partial charge in [0.25, 0.3) is 0 Å². The molecule has 1 aliphatic carbocycles. The Hall–Kier alpha value is -3.10. The van der Waals surface area contributed by atoms with Gasteiger partial charge in [-0.05, 0) is 47.2 Å². The zero-order valence-corrected chi connectivity index (χ0v) is 18.3. The number of benzene rings is 2. The van der Waals surface area contributed by atoms with Crippen LogP contribution in [0.15, 0.2) is 60.7 Å². The zero-order valence-electron chi connectivity index (χ0n) is 18.3. The van der Waals surface area contributed by atoms with Crippen molar-refractivity contribution in [3.8, 4) is 0 Å². The maximum Gasteiger partial charge on any atom is 0.327 e. The number of carbonyl (C=O) groups excluding carboxylic acids is 1. The molecule has 8 nitrogen and oxygen atoms in total. The number of nitrogens with two attached hydrogens (primary N) is 1. The molecule has 1 unspecified atom stereocenters. The van der Waals surface area contributed by atoms with Crippen molar-refractivity contribution >= 4 is 5.97 Å². The van der Waals surface area contributed by atoms with Crippen LogP contribution in [0, 0.1) is 0 Å². The van der Waals surface area contributed by atoms with Gasteiger partial charge in [-0.1, -0.05) is 60.7 Å². The summed E-state index contributed by atoms with van der Waals surface area (Å²) >= 11 is 0. The van der Waals surface area contributed by atoms with E-state index in [9.17, 15) is 4.79 Å². The Bertz CT molecular complexity index is 946. The quantitative estimate of drug-likeness (QED) is 0.525. The monoisotopic (exact) mass is 434 g/mol. The number of methoxy groups -OCH3 is 1. The summed E-state index contributed by atoms with van der Waals surface area (Å²) in [6, 6.07) is 21.0. The third kappa shape index (κ3) is 5.20. The minimum absolute atomic E-state index is 0.0388. The summed E-state index contributed by atoms with van der Waals surface area (Å²) in [7, 11) is 1.37. The molecule has 0 spiro atoms. The van der Waals surface area contributed by atoms with Gasteiger partial charge in [0, 0.05) is 18.0 Å². The fourth-order valence-electron chi connectivity index (χ4n) is 4.49. The van der Waals surface area contributed by atoms with Crippen LogP contribution in [0.2, 0.25) is 0 Å². The van der Waals surface area contributed by atoms with E-state index in [-0.39, 0.29) is 30.6 Å². The number of rotatable bonds is 8. The summed E-state index contributed by atoms with van der Waals surface area (Å²) in [6.07, 6.45) is 3.96. The lowest BCUT2D eigenvalue weighted by molar-refractivity contribution is -0.141. The second kappa shape index (κ2) is 10.5. The number of nitrogens with one attached hydrogen (secondary N) is 1. The molecule has 1 atom stereocenters. The number of aromatic nitrogens is 4. The SMILES string of the molecule is COC(=O)Cn1nnnc1C(NC1CCC(N)CC1)C(c1ccccc1)c1ccccc1. The smallest absolute Gasteiger partial charge is 0.327 e. The van der Waals surface area contributed by atoms with Crippen molar-refractivity contribution < 1.29 is 9.53 Å². The third-order valence-corrected chi connectivity index (χ3v) is 6.18. The molecule has 0 amide bonds. The summed E-state index contributed by atoms with van der Waals surface area (Å²) in [5, 5.41) is 16.2. The predicted octanol–water partition coefficient (Wildman–Crippen LogP) is 2.58. The van der Waals surface area contributed by atoms with Crippen LogP contribution in [0.25, 0.3) is 0 Å². The van der Waals surface area contributed by atoms with Gasteiger partial charge in [-0.2, -0.15) is 0 Å². The Morgan fingerprint density at radius 2 is 1.66 bits per heavy atom. The molecule has 0 aliphatic heterocycles. The fourth-order valence-corrected chi connectivity index (χ4v) is 4.49. The summed E-state index contributed by atoms with van der Waals surface area (Å²) < 4.78 is 6.40. The van der Waals surface area contributed by atoms with Crippen molar-refractivity contribution in [3.63, 3.8) is 0 Å². The van der Waals surface area contributed by atoms with Crippen molar-refractivity contribution in [3.05, 3.63) is 77.6 Å². The molecule has 1 aromatic heterocycles. The standard InChI is InChI=1S/C24H30N6O2/c1-32-21(31)16-30-24(27-28-29-30)23(26-20-14-12-19(25)13-15-20)22(17-8-4-2-5-9-17)18-10-6-3-7-11-18/h2-11,19-20,22-23,26H,12-16,25H2,1H3. The molecule has 0 saturated heterocycles. The molecule has 1 fully saturated rings. The highest BCUT2D eigenvalue weighted by atomic mass is 16.5. The van der Waals surface area contributed by atoms with Crippen LogP contribution in [0.4, 0.5) is 0 Å². The normalized spacial score (nSPS) is 19.6. The highest BCUT2D eigenvalue weighted by molar-refractivity contribution is 5.68. The third-order valence-electron chi connectivity index (χ3n) is 6.18. The minimum Gasteiger partial charge on any atom is -0.468 e. The molecular weight excluding hydrogens is 404 g/mol. The molecule has 0 bridgehead atoms. The van der Waals surface area contributed by atoms with Crippen LogP contribution >= 0.6 is 0 Å². The van der Waals surface area contributed by atoms with Gasteiger partial charge >= 0.3 is 5.97 Å². The Labute approximate surface area is 188 Å². The number of esters is 1. The predicted molar refractivity (Wildman–Crippen MR) is 121 cm³/mol. The fraction of sp³-hybridized carbons (Fsp3) is 0.417. The van der Waals surface area contributed by atoms with Crippen LogP contribution in [-0.2, 0) is 16.1 Å². The summed E-state index contributed by atoms with van der Waals surface area (Å²) in [5.41, 5.74) is 8.44. The molecule has 0 radical (unpaired) electrons. The van der Waals surface area contributed by atoms with Crippen LogP contribution in [0.3, 0.4) is 0 Å². The second-order valence-electron chi connectivity index (χ2n) is 8.33. The van der Waals surface area contributed by atoms with E-state index in [2.05, 4.69) is 45.1 Å². The number of ether oxygens (including phenoxy) is 1. The Balaban J connectivity index is 1.76. The van der Waals surface area contributed by atoms with Gasteiger partial charge in [-0.15, -0.1) is 5.10 Å². The molecule has 168 valence electrons.